The zero-order chi connectivity index (χ0) is 14.8. The van der Waals surface area contributed by atoms with E-state index >= 15 is 0 Å². The molecule has 1 unspecified atom stereocenters. The minimum Gasteiger partial charge on any atom is -0.477 e. The first-order valence-electron chi connectivity index (χ1n) is 7.53. The number of carbonyl (C=O) groups is 1. The fourth-order valence-corrected chi connectivity index (χ4v) is 3.03. The lowest BCUT2D eigenvalue weighted by Gasteiger charge is -2.24. The predicted molar refractivity (Wildman–Crippen MR) is 83.9 cm³/mol. The van der Waals surface area contributed by atoms with Crippen LogP contribution in [0.25, 0.3) is 10.9 Å². The van der Waals surface area contributed by atoms with Gasteiger partial charge in [-0.25, -0.2) is 9.78 Å². The van der Waals surface area contributed by atoms with Crippen molar-refractivity contribution in [1.29, 1.82) is 0 Å². The van der Waals surface area contributed by atoms with Gasteiger partial charge in [-0.3, -0.25) is 0 Å². The molecule has 1 aromatic heterocycles. The molecule has 1 aromatic carbocycles. The van der Waals surface area contributed by atoms with E-state index in [1.54, 1.807) is 6.07 Å². The highest BCUT2D eigenvalue weighted by molar-refractivity contribution is 5.97. The van der Waals surface area contributed by atoms with Gasteiger partial charge in [0.05, 0.1) is 5.52 Å². The summed E-state index contributed by atoms with van der Waals surface area (Å²) < 4.78 is 0. The van der Waals surface area contributed by atoms with Gasteiger partial charge in [0, 0.05) is 24.2 Å². The SMILES string of the molecule is CC1CCCN(c2cc(C(=O)O)nc3ccccc23)CC1. The van der Waals surface area contributed by atoms with Gasteiger partial charge < -0.3 is 10.0 Å². The molecule has 2 aromatic rings. The number of para-hydroxylation sites is 1. The molecule has 4 nitrogen and oxygen atoms in total. The van der Waals surface area contributed by atoms with Crippen molar-refractivity contribution in [3.8, 4) is 0 Å². The van der Waals surface area contributed by atoms with Crippen LogP contribution in [0.4, 0.5) is 5.69 Å². The molecule has 1 aliphatic heterocycles. The van der Waals surface area contributed by atoms with Gasteiger partial charge in [-0.05, 0) is 37.3 Å². The maximum Gasteiger partial charge on any atom is 0.354 e. The summed E-state index contributed by atoms with van der Waals surface area (Å²) in [5.74, 6) is -0.229. The average Bonchev–Trinajstić information content (AvgIpc) is 2.70. The standard InChI is InChI=1S/C17H20N2O2/c1-12-5-4-9-19(10-8-12)16-11-15(17(20)21)18-14-7-3-2-6-13(14)16/h2-3,6-7,11-12H,4-5,8-10H2,1H3,(H,20,21). The van der Waals surface area contributed by atoms with E-state index in [4.69, 9.17) is 0 Å². The second-order valence-corrected chi connectivity index (χ2v) is 5.87. The molecular weight excluding hydrogens is 264 g/mol. The minimum atomic E-state index is -0.967. The number of nitrogens with zero attached hydrogens (tertiary/aromatic N) is 2. The Morgan fingerprint density at radius 3 is 2.90 bits per heavy atom. The number of fused-ring (bicyclic) bond motifs is 1. The second-order valence-electron chi connectivity index (χ2n) is 5.87. The summed E-state index contributed by atoms with van der Waals surface area (Å²) in [5.41, 5.74) is 1.89. The highest BCUT2D eigenvalue weighted by Crippen LogP contribution is 2.29. The molecule has 3 rings (SSSR count). The number of rotatable bonds is 2. The molecule has 0 spiro atoms. The number of aromatic nitrogens is 1. The lowest BCUT2D eigenvalue weighted by molar-refractivity contribution is 0.0691. The Labute approximate surface area is 124 Å². The van der Waals surface area contributed by atoms with Crippen molar-refractivity contribution >= 4 is 22.6 Å². The summed E-state index contributed by atoms with van der Waals surface area (Å²) in [6.45, 7) is 4.25. The lowest BCUT2D eigenvalue weighted by atomic mass is 10.0. The van der Waals surface area contributed by atoms with Crippen LogP contribution in [0.5, 0.6) is 0 Å². The molecule has 4 heteroatoms. The highest BCUT2D eigenvalue weighted by Gasteiger charge is 2.18. The third kappa shape index (κ3) is 2.84. The Hall–Kier alpha value is -2.10. The summed E-state index contributed by atoms with van der Waals surface area (Å²) in [6.07, 6.45) is 3.55. The molecular formula is C17H20N2O2. The van der Waals surface area contributed by atoms with Crippen molar-refractivity contribution in [1.82, 2.24) is 4.98 Å². The van der Waals surface area contributed by atoms with Crippen LogP contribution in [0.1, 0.15) is 36.7 Å². The fraction of sp³-hybridized carbons (Fsp3) is 0.412. The molecule has 1 N–H and O–H groups in total. The van der Waals surface area contributed by atoms with E-state index in [9.17, 15) is 9.90 Å². The molecule has 0 radical (unpaired) electrons. The molecule has 0 bridgehead atoms. The molecule has 110 valence electrons. The molecule has 1 aliphatic rings. The van der Waals surface area contributed by atoms with E-state index in [2.05, 4.69) is 16.8 Å². The van der Waals surface area contributed by atoms with Gasteiger partial charge in [-0.2, -0.15) is 0 Å². The first kappa shape index (κ1) is 13.9. The molecule has 0 amide bonds. The molecule has 0 saturated carbocycles. The van der Waals surface area contributed by atoms with Gasteiger partial charge in [0.15, 0.2) is 5.69 Å². The summed E-state index contributed by atoms with van der Waals surface area (Å²) in [5, 5.41) is 10.3. The third-order valence-electron chi connectivity index (χ3n) is 4.27. The van der Waals surface area contributed by atoms with E-state index < -0.39 is 5.97 Å². The van der Waals surface area contributed by atoms with Crippen LogP contribution < -0.4 is 4.90 Å². The van der Waals surface area contributed by atoms with Gasteiger partial charge >= 0.3 is 5.97 Å². The highest BCUT2D eigenvalue weighted by atomic mass is 16.4. The Morgan fingerprint density at radius 2 is 2.10 bits per heavy atom. The van der Waals surface area contributed by atoms with Crippen LogP contribution in [0.15, 0.2) is 30.3 Å². The van der Waals surface area contributed by atoms with E-state index in [0.717, 1.165) is 48.4 Å². The van der Waals surface area contributed by atoms with E-state index in [-0.39, 0.29) is 5.69 Å². The van der Waals surface area contributed by atoms with Crippen molar-refractivity contribution < 1.29 is 9.90 Å². The summed E-state index contributed by atoms with van der Waals surface area (Å²) in [4.78, 5) is 17.9. The first-order valence-corrected chi connectivity index (χ1v) is 7.53. The Kier molecular flexibility index (Phi) is 3.78. The van der Waals surface area contributed by atoms with E-state index in [0.29, 0.717) is 0 Å². The van der Waals surface area contributed by atoms with Crippen molar-refractivity contribution in [3.05, 3.63) is 36.0 Å². The third-order valence-corrected chi connectivity index (χ3v) is 4.27. The number of carboxylic acids is 1. The van der Waals surface area contributed by atoms with E-state index in [1.165, 1.54) is 6.42 Å². The molecule has 2 heterocycles. The molecule has 21 heavy (non-hydrogen) atoms. The van der Waals surface area contributed by atoms with Crippen molar-refractivity contribution in [2.75, 3.05) is 18.0 Å². The monoisotopic (exact) mass is 284 g/mol. The molecule has 1 atom stereocenters. The van der Waals surface area contributed by atoms with Crippen molar-refractivity contribution in [3.63, 3.8) is 0 Å². The van der Waals surface area contributed by atoms with Gasteiger partial charge in [-0.15, -0.1) is 0 Å². The molecule has 0 aliphatic carbocycles. The Balaban J connectivity index is 2.09. The van der Waals surface area contributed by atoms with E-state index in [1.807, 2.05) is 24.3 Å². The van der Waals surface area contributed by atoms with Gasteiger partial charge in [-0.1, -0.05) is 25.1 Å². The number of hydrogen-bond donors (Lipinski definition) is 1. The number of carboxylic acid groups (broad SMARTS) is 1. The summed E-state index contributed by atoms with van der Waals surface area (Å²) in [7, 11) is 0. The second kappa shape index (κ2) is 5.72. The Bertz CT molecular complexity index is 669. The van der Waals surface area contributed by atoms with Crippen LogP contribution in [-0.4, -0.2) is 29.1 Å². The zero-order valence-corrected chi connectivity index (χ0v) is 12.2. The average molecular weight is 284 g/mol. The van der Waals surface area contributed by atoms with Crippen molar-refractivity contribution in [2.45, 2.75) is 26.2 Å². The van der Waals surface area contributed by atoms with Gasteiger partial charge in [0.2, 0.25) is 0 Å². The quantitative estimate of drug-likeness (QED) is 0.916. The van der Waals surface area contributed by atoms with Gasteiger partial charge in [0.1, 0.15) is 0 Å². The van der Waals surface area contributed by atoms with Crippen molar-refractivity contribution in [2.24, 2.45) is 5.92 Å². The number of pyridine rings is 1. The number of aromatic carboxylic acids is 1. The van der Waals surface area contributed by atoms with Crippen LogP contribution in [0.3, 0.4) is 0 Å². The number of hydrogen-bond acceptors (Lipinski definition) is 3. The normalized spacial score (nSPS) is 19.5. The van der Waals surface area contributed by atoms with Crippen LogP contribution >= 0.6 is 0 Å². The maximum atomic E-state index is 11.3. The molecule has 1 fully saturated rings. The summed E-state index contributed by atoms with van der Waals surface area (Å²) in [6, 6.07) is 9.51. The van der Waals surface area contributed by atoms with Crippen LogP contribution in [0, 0.1) is 5.92 Å². The number of anilines is 1. The van der Waals surface area contributed by atoms with Crippen LogP contribution in [-0.2, 0) is 0 Å². The van der Waals surface area contributed by atoms with Gasteiger partial charge in [0.25, 0.3) is 0 Å². The topological polar surface area (TPSA) is 53.4 Å². The minimum absolute atomic E-state index is 0.126. The largest absolute Gasteiger partial charge is 0.477 e. The predicted octanol–water partition coefficient (Wildman–Crippen LogP) is 3.56. The molecule has 1 saturated heterocycles. The Morgan fingerprint density at radius 1 is 1.29 bits per heavy atom. The lowest BCUT2D eigenvalue weighted by Crippen LogP contribution is -2.25. The first-order chi connectivity index (χ1) is 10.1. The summed E-state index contributed by atoms with van der Waals surface area (Å²) >= 11 is 0. The zero-order valence-electron chi connectivity index (χ0n) is 12.2. The number of benzene rings is 1. The maximum absolute atomic E-state index is 11.3. The van der Waals surface area contributed by atoms with Crippen LogP contribution in [0.2, 0.25) is 0 Å². The smallest absolute Gasteiger partial charge is 0.354 e. The fourth-order valence-electron chi connectivity index (χ4n) is 3.03.